The zero-order valence-electron chi connectivity index (χ0n) is 19.9. The van der Waals surface area contributed by atoms with Crippen molar-refractivity contribution in [3.8, 4) is 23.7 Å². The lowest BCUT2D eigenvalue weighted by molar-refractivity contribution is -0.137. The van der Waals surface area contributed by atoms with Gasteiger partial charge in [0, 0.05) is 19.3 Å². The molecule has 0 fully saturated rings. The van der Waals surface area contributed by atoms with E-state index in [1.165, 1.54) is 96.3 Å². The molecule has 30 heavy (non-hydrogen) atoms. The number of carbonyl (C=O) groups is 1. The fraction of sp³-hybridized carbons (Fsp3) is 0.821. The number of hydrogen-bond acceptors (Lipinski definition) is 1. The van der Waals surface area contributed by atoms with Gasteiger partial charge in [-0.15, -0.1) is 0 Å². The number of rotatable bonds is 21. The van der Waals surface area contributed by atoms with Gasteiger partial charge in [0.25, 0.3) is 0 Å². The molecular weight excluding hydrogens is 368 g/mol. The molecule has 0 aromatic rings. The van der Waals surface area contributed by atoms with Gasteiger partial charge in [0.1, 0.15) is 0 Å². The molecule has 0 amide bonds. The van der Waals surface area contributed by atoms with Crippen LogP contribution in [0.5, 0.6) is 0 Å². The van der Waals surface area contributed by atoms with Crippen molar-refractivity contribution in [3.05, 3.63) is 0 Å². The zero-order chi connectivity index (χ0) is 22.0. The van der Waals surface area contributed by atoms with E-state index in [2.05, 4.69) is 30.6 Å². The lowest BCUT2D eigenvalue weighted by Crippen LogP contribution is -1.93. The summed E-state index contributed by atoms with van der Waals surface area (Å²) >= 11 is 0. The second-order valence-corrected chi connectivity index (χ2v) is 8.61. The van der Waals surface area contributed by atoms with Gasteiger partial charge in [0.2, 0.25) is 0 Å². The highest BCUT2D eigenvalue weighted by molar-refractivity contribution is 5.66. The highest BCUT2D eigenvalue weighted by Gasteiger charge is 1.96. The van der Waals surface area contributed by atoms with Crippen molar-refractivity contribution in [1.29, 1.82) is 0 Å². The maximum Gasteiger partial charge on any atom is 0.303 e. The van der Waals surface area contributed by atoms with Crippen LogP contribution in [0.15, 0.2) is 0 Å². The quantitative estimate of drug-likeness (QED) is 0.150. The third kappa shape index (κ3) is 26.6. The first-order chi connectivity index (χ1) is 14.8. The topological polar surface area (TPSA) is 37.3 Å². The molecule has 0 aliphatic heterocycles. The summed E-state index contributed by atoms with van der Waals surface area (Å²) in [7, 11) is 0. The third-order valence-electron chi connectivity index (χ3n) is 5.59. The van der Waals surface area contributed by atoms with Crippen LogP contribution in [0.3, 0.4) is 0 Å². The third-order valence-corrected chi connectivity index (χ3v) is 5.59. The molecule has 0 aliphatic carbocycles. The Labute approximate surface area is 188 Å². The summed E-state index contributed by atoms with van der Waals surface area (Å²) in [5.74, 6) is 11.7. The molecule has 0 heterocycles. The van der Waals surface area contributed by atoms with Crippen molar-refractivity contribution in [2.24, 2.45) is 0 Å². The van der Waals surface area contributed by atoms with Gasteiger partial charge in [-0.2, -0.15) is 0 Å². The molecule has 0 saturated carbocycles. The first kappa shape index (κ1) is 28.6. The maximum absolute atomic E-state index is 10.4. The van der Waals surface area contributed by atoms with E-state index in [0.717, 1.165) is 38.5 Å². The molecule has 0 unspecified atom stereocenters. The summed E-state index contributed by atoms with van der Waals surface area (Å²) in [5.41, 5.74) is 0. The van der Waals surface area contributed by atoms with Gasteiger partial charge in [-0.05, 0) is 31.1 Å². The lowest BCUT2D eigenvalue weighted by atomic mass is 10.0. The van der Waals surface area contributed by atoms with Gasteiger partial charge >= 0.3 is 5.97 Å². The molecule has 0 bridgehead atoms. The smallest absolute Gasteiger partial charge is 0.303 e. The maximum atomic E-state index is 10.4. The van der Waals surface area contributed by atoms with Crippen LogP contribution in [0, 0.1) is 23.7 Å². The molecule has 1 N–H and O–H groups in total. The number of carboxylic acids is 1. The van der Waals surface area contributed by atoms with E-state index in [1.807, 2.05) is 0 Å². The normalized spacial score (nSPS) is 10.2. The Bertz CT molecular complexity index is 486. The Morgan fingerprint density at radius 1 is 0.533 bits per heavy atom. The Hall–Kier alpha value is -1.41. The second-order valence-electron chi connectivity index (χ2n) is 8.61. The van der Waals surface area contributed by atoms with E-state index in [4.69, 9.17) is 5.11 Å². The summed E-state index contributed by atoms with van der Waals surface area (Å²) in [6.45, 7) is 2.28. The van der Waals surface area contributed by atoms with Crippen LogP contribution in [0.25, 0.3) is 0 Å². The molecule has 0 atom stereocenters. The van der Waals surface area contributed by atoms with E-state index in [-0.39, 0.29) is 0 Å². The minimum absolute atomic E-state index is 0.315. The standard InChI is InChI=1S/C28H48O2/c1-2-3-4-5-6-7-8-9-10-11-12-13-14-15-16-17-18-19-20-21-22-23-24-25-26-27-28(29)30/h2-14,19-27H2,1H3,(H,29,30). The number of aliphatic carboxylic acids is 1. The number of carboxylic acid groups (broad SMARTS) is 1. The summed E-state index contributed by atoms with van der Waals surface area (Å²) in [6, 6.07) is 0. The van der Waals surface area contributed by atoms with E-state index < -0.39 is 5.97 Å². The lowest BCUT2D eigenvalue weighted by Gasteiger charge is -2.01. The molecule has 0 radical (unpaired) electrons. The van der Waals surface area contributed by atoms with Crippen molar-refractivity contribution in [1.82, 2.24) is 0 Å². The summed E-state index contributed by atoms with van der Waals surface area (Å²) in [5, 5.41) is 8.57. The number of unbranched alkanes of at least 4 members (excludes halogenated alkanes) is 19. The van der Waals surface area contributed by atoms with Gasteiger partial charge in [0.15, 0.2) is 0 Å². The Morgan fingerprint density at radius 3 is 1.23 bits per heavy atom. The van der Waals surface area contributed by atoms with Gasteiger partial charge in [0.05, 0.1) is 0 Å². The van der Waals surface area contributed by atoms with E-state index in [9.17, 15) is 4.79 Å². The van der Waals surface area contributed by atoms with Crippen LogP contribution in [0.4, 0.5) is 0 Å². The molecule has 0 spiro atoms. The van der Waals surface area contributed by atoms with Crippen molar-refractivity contribution >= 4 is 5.97 Å². The van der Waals surface area contributed by atoms with Crippen molar-refractivity contribution in [2.45, 2.75) is 148 Å². The fourth-order valence-electron chi connectivity index (χ4n) is 3.64. The summed E-state index contributed by atoms with van der Waals surface area (Å²) < 4.78 is 0. The molecule has 0 aromatic carbocycles. The number of hydrogen-bond donors (Lipinski definition) is 1. The van der Waals surface area contributed by atoms with Gasteiger partial charge < -0.3 is 5.11 Å². The second kappa shape index (κ2) is 25.6. The van der Waals surface area contributed by atoms with Crippen molar-refractivity contribution in [2.75, 3.05) is 0 Å². The van der Waals surface area contributed by atoms with Crippen LogP contribution in [-0.4, -0.2) is 11.1 Å². The molecule has 0 rings (SSSR count). The summed E-state index contributed by atoms with van der Waals surface area (Å²) in [6.07, 6.45) is 26.7. The fourth-order valence-corrected chi connectivity index (χ4v) is 3.64. The Morgan fingerprint density at radius 2 is 0.867 bits per heavy atom. The predicted octanol–water partition coefficient (Wildman–Crippen LogP) is 8.68. The highest BCUT2D eigenvalue weighted by atomic mass is 16.4. The Balaban J connectivity index is 3.23. The predicted molar refractivity (Wildman–Crippen MR) is 130 cm³/mol. The first-order valence-corrected chi connectivity index (χ1v) is 12.9. The minimum Gasteiger partial charge on any atom is -0.481 e. The van der Waals surface area contributed by atoms with Gasteiger partial charge in [-0.3, -0.25) is 4.79 Å². The SMILES string of the molecule is CCCCCCCCCCCCCCC#CC#CCCCCCCCCCC(=O)O. The summed E-state index contributed by atoms with van der Waals surface area (Å²) in [4.78, 5) is 10.4. The Kier molecular flexibility index (Phi) is 24.4. The molecule has 0 aromatic heterocycles. The van der Waals surface area contributed by atoms with Crippen LogP contribution < -0.4 is 0 Å². The van der Waals surface area contributed by atoms with Gasteiger partial charge in [-0.25, -0.2) is 0 Å². The minimum atomic E-state index is -0.675. The van der Waals surface area contributed by atoms with Crippen LogP contribution >= 0.6 is 0 Å². The van der Waals surface area contributed by atoms with E-state index in [1.54, 1.807) is 0 Å². The van der Waals surface area contributed by atoms with Crippen LogP contribution in [-0.2, 0) is 4.79 Å². The molecule has 0 aliphatic rings. The molecule has 2 heteroatoms. The van der Waals surface area contributed by atoms with E-state index in [0.29, 0.717) is 6.42 Å². The monoisotopic (exact) mass is 416 g/mol. The van der Waals surface area contributed by atoms with Crippen LogP contribution in [0.2, 0.25) is 0 Å². The largest absolute Gasteiger partial charge is 0.481 e. The van der Waals surface area contributed by atoms with Gasteiger partial charge in [-0.1, -0.05) is 121 Å². The van der Waals surface area contributed by atoms with Crippen molar-refractivity contribution in [3.63, 3.8) is 0 Å². The highest BCUT2D eigenvalue weighted by Crippen LogP contribution is 2.12. The molecule has 0 saturated heterocycles. The first-order valence-electron chi connectivity index (χ1n) is 12.9. The molecule has 172 valence electrons. The average molecular weight is 417 g/mol. The molecular formula is C28H48O2. The van der Waals surface area contributed by atoms with Crippen LogP contribution in [0.1, 0.15) is 148 Å². The average Bonchev–Trinajstić information content (AvgIpc) is 2.73. The zero-order valence-corrected chi connectivity index (χ0v) is 19.9. The van der Waals surface area contributed by atoms with Crippen molar-refractivity contribution < 1.29 is 9.90 Å². The van der Waals surface area contributed by atoms with E-state index >= 15 is 0 Å². The molecule has 2 nitrogen and oxygen atoms in total.